The van der Waals surface area contributed by atoms with Crippen LogP contribution in [0.15, 0.2) is 4.52 Å². The minimum atomic E-state index is 0.705. The van der Waals surface area contributed by atoms with Crippen molar-refractivity contribution >= 4 is 0 Å². The number of nitrogens with one attached hydrogen (secondary N) is 1. The van der Waals surface area contributed by atoms with E-state index in [0.717, 1.165) is 12.8 Å². The average molecular weight is 220 g/mol. The standard InChI is InChI=1S/C13H20N2O/c1-2-9-14-10(4-1)7-8-13-11-5-3-6-12(11)15-16-13/h10,14H,1-9H2. The van der Waals surface area contributed by atoms with Gasteiger partial charge in [-0.2, -0.15) is 0 Å². The van der Waals surface area contributed by atoms with E-state index < -0.39 is 0 Å². The van der Waals surface area contributed by atoms with Crippen molar-refractivity contribution in [2.75, 3.05) is 6.54 Å². The molecule has 0 amide bonds. The van der Waals surface area contributed by atoms with Gasteiger partial charge in [-0.3, -0.25) is 0 Å². The third kappa shape index (κ3) is 2.01. The predicted octanol–water partition coefficient (Wildman–Crippen LogP) is 2.24. The largest absolute Gasteiger partial charge is 0.361 e. The molecule has 0 bridgehead atoms. The lowest BCUT2D eigenvalue weighted by Crippen LogP contribution is -2.34. The van der Waals surface area contributed by atoms with E-state index in [9.17, 15) is 0 Å². The summed E-state index contributed by atoms with van der Waals surface area (Å²) in [6.45, 7) is 1.19. The zero-order valence-electron chi connectivity index (χ0n) is 9.80. The Morgan fingerprint density at radius 3 is 3.12 bits per heavy atom. The fourth-order valence-corrected chi connectivity index (χ4v) is 2.97. The Morgan fingerprint density at radius 2 is 2.25 bits per heavy atom. The van der Waals surface area contributed by atoms with Crippen LogP contribution < -0.4 is 5.32 Å². The molecule has 0 spiro atoms. The number of hydrogen-bond donors (Lipinski definition) is 1. The normalized spacial score (nSPS) is 24.6. The molecule has 3 nitrogen and oxygen atoms in total. The van der Waals surface area contributed by atoms with Gasteiger partial charge in [0.15, 0.2) is 0 Å². The van der Waals surface area contributed by atoms with Crippen molar-refractivity contribution < 1.29 is 4.52 Å². The molecular formula is C13H20N2O. The van der Waals surface area contributed by atoms with Crippen LogP contribution in [0.3, 0.4) is 0 Å². The number of fused-ring (bicyclic) bond motifs is 1. The first-order valence-electron chi connectivity index (χ1n) is 6.63. The highest BCUT2D eigenvalue weighted by atomic mass is 16.5. The first kappa shape index (κ1) is 10.3. The number of aryl methyl sites for hydroxylation is 2. The van der Waals surface area contributed by atoms with Crippen molar-refractivity contribution in [1.29, 1.82) is 0 Å². The van der Waals surface area contributed by atoms with Gasteiger partial charge in [0, 0.05) is 18.0 Å². The molecule has 1 unspecified atom stereocenters. The van der Waals surface area contributed by atoms with Gasteiger partial charge >= 0.3 is 0 Å². The Morgan fingerprint density at radius 1 is 1.25 bits per heavy atom. The second-order valence-corrected chi connectivity index (χ2v) is 5.07. The van der Waals surface area contributed by atoms with Gasteiger partial charge in [0.2, 0.25) is 0 Å². The molecule has 1 aromatic heterocycles. The molecular weight excluding hydrogens is 200 g/mol. The lowest BCUT2D eigenvalue weighted by Gasteiger charge is -2.22. The van der Waals surface area contributed by atoms with E-state index in [0.29, 0.717) is 6.04 Å². The molecule has 16 heavy (non-hydrogen) atoms. The van der Waals surface area contributed by atoms with E-state index in [2.05, 4.69) is 10.5 Å². The topological polar surface area (TPSA) is 38.1 Å². The molecule has 0 aromatic carbocycles. The third-order valence-corrected chi connectivity index (χ3v) is 3.92. The van der Waals surface area contributed by atoms with E-state index in [-0.39, 0.29) is 0 Å². The number of nitrogens with zero attached hydrogens (tertiary/aromatic N) is 1. The highest BCUT2D eigenvalue weighted by Gasteiger charge is 2.21. The Bertz CT molecular complexity index is 353. The van der Waals surface area contributed by atoms with Gasteiger partial charge in [0.05, 0.1) is 5.69 Å². The third-order valence-electron chi connectivity index (χ3n) is 3.92. The SMILES string of the molecule is C1CCC(CCc2onc3c2CCC3)NC1. The summed E-state index contributed by atoms with van der Waals surface area (Å²) < 4.78 is 5.45. The quantitative estimate of drug-likeness (QED) is 0.849. The lowest BCUT2D eigenvalue weighted by molar-refractivity contribution is 0.341. The number of rotatable bonds is 3. The van der Waals surface area contributed by atoms with Crippen LogP contribution in [0.5, 0.6) is 0 Å². The van der Waals surface area contributed by atoms with E-state index in [1.54, 1.807) is 0 Å². The summed E-state index contributed by atoms with van der Waals surface area (Å²) in [4.78, 5) is 0. The van der Waals surface area contributed by atoms with Crippen molar-refractivity contribution in [3.8, 4) is 0 Å². The zero-order valence-corrected chi connectivity index (χ0v) is 9.80. The minimum Gasteiger partial charge on any atom is -0.361 e. The summed E-state index contributed by atoms with van der Waals surface area (Å²) >= 11 is 0. The average Bonchev–Trinajstić information content (AvgIpc) is 2.90. The molecule has 1 aliphatic carbocycles. The molecule has 1 saturated heterocycles. The van der Waals surface area contributed by atoms with Gasteiger partial charge < -0.3 is 9.84 Å². The van der Waals surface area contributed by atoms with Gasteiger partial charge in [0.1, 0.15) is 5.76 Å². The molecule has 0 saturated carbocycles. The Kier molecular flexibility index (Phi) is 2.96. The second-order valence-electron chi connectivity index (χ2n) is 5.07. The van der Waals surface area contributed by atoms with E-state index >= 15 is 0 Å². The smallest absolute Gasteiger partial charge is 0.140 e. The summed E-state index contributed by atoms with van der Waals surface area (Å²) in [5.74, 6) is 1.17. The van der Waals surface area contributed by atoms with Crippen molar-refractivity contribution in [3.63, 3.8) is 0 Å². The molecule has 1 N–H and O–H groups in total. The van der Waals surface area contributed by atoms with Crippen molar-refractivity contribution in [2.45, 2.75) is 57.4 Å². The Labute approximate surface area is 96.6 Å². The molecule has 88 valence electrons. The van der Waals surface area contributed by atoms with Crippen LogP contribution in [-0.2, 0) is 19.3 Å². The highest BCUT2D eigenvalue weighted by Crippen LogP contribution is 2.26. The van der Waals surface area contributed by atoms with Crippen LogP contribution in [0.1, 0.15) is 49.1 Å². The van der Waals surface area contributed by atoms with Crippen LogP contribution in [0, 0.1) is 0 Å². The van der Waals surface area contributed by atoms with Crippen LogP contribution in [0.2, 0.25) is 0 Å². The van der Waals surface area contributed by atoms with Gasteiger partial charge in [-0.25, -0.2) is 0 Å². The molecule has 1 aliphatic heterocycles. The molecule has 1 atom stereocenters. The minimum absolute atomic E-state index is 0.705. The van der Waals surface area contributed by atoms with Gasteiger partial charge in [-0.1, -0.05) is 11.6 Å². The fraction of sp³-hybridized carbons (Fsp3) is 0.769. The zero-order chi connectivity index (χ0) is 10.8. The van der Waals surface area contributed by atoms with Crippen LogP contribution in [0.4, 0.5) is 0 Å². The highest BCUT2D eigenvalue weighted by molar-refractivity contribution is 5.27. The molecule has 2 heterocycles. The second kappa shape index (κ2) is 4.58. The summed E-state index contributed by atoms with van der Waals surface area (Å²) in [6.07, 6.45) is 9.91. The first-order valence-corrected chi connectivity index (χ1v) is 6.63. The molecule has 1 fully saturated rings. The maximum absolute atomic E-state index is 5.45. The Hall–Kier alpha value is -0.830. The van der Waals surface area contributed by atoms with Crippen LogP contribution >= 0.6 is 0 Å². The molecule has 3 heteroatoms. The number of hydrogen-bond acceptors (Lipinski definition) is 3. The van der Waals surface area contributed by atoms with E-state index in [1.807, 2.05) is 0 Å². The molecule has 2 aliphatic rings. The van der Waals surface area contributed by atoms with E-state index in [1.165, 1.54) is 62.1 Å². The monoisotopic (exact) mass is 220 g/mol. The summed E-state index contributed by atoms with van der Waals surface area (Å²) in [5, 5.41) is 7.75. The fourth-order valence-electron chi connectivity index (χ4n) is 2.97. The summed E-state index contributed by atoms with van der Waals surface area (Å²) in [5.41, 5.74) is 2.66. The van der Waals surface area contributed by atoms with Crippen LogP contribution in [-0.4, -0.2) is 17.7 Å². The summed E-state index contributed by atoms with van der Waals surface area (Å²) in [7, 11) is 0. The van der Waals surface area contributed by atoms with Crippen molar-refractivity contribution in [3.05, 3.63) is 17.0 Å². The summed E-state index contributed by atoms with van der Waals surface area (Å²) in [6, 6.07) is 0.705. The van der Waals surface area contributed by atoms with Crippen molar-refractivity contribution in [1.82, 2.24) is 10.5 Å². The number of aromatic nitrogens is 1. The lowest BCUT2D eigenvalue weighted by atomic mass is 9.99. The molecule has 1 aromatic rings. The van der Waals surface area contributed by atoms with Gasteiger partial charge in [-0.15, -0.1) is 0 Å². The van der Waals surface area contributed by atoms with Crippen LogP contribution in [0.25, 0.3) is 0 Å². The number of piperidine rings is 1. The molecule has 0 radical (unpaired) electrons. The van der Waals surface area contributed by atoms with Crippen molar-refractivity contribution in [2.24, 2.45) is 0 Å². The maximum atomic E-state index is 5.45. The molecule has 3 rings (SSSR count). The van der Waals surface area contributed by atoms with Gasteiger partial charge in [-0.05, 0) is 45.1 Å². The van der Waals surface area contributed by atoms with Gasteiger partial charge in [0.25, 0.3) is 0 Å². The predicted molar refractivity (Wildman–Crippen MR) is 62.5 cm³/mol. The van der Waals surface area contributed by atoms with E-state index in [4.69, 9.17) is 4.52 Å². The first-order chi connectivity index (χ1) is 7.93. The maximum Gasteiger partial charge on any atom is 0.140 e. The Balaban J connectivity index is 1.57.